The molecular formula is C12H18N4O3. The van der Waals surface area contributed by atoms with E-state index in [1.807, 2.05) is 11.8 Å². The largest absolute Gasteiger partial charge is 0.450 e. The van der Waals surface area contributed by atoms with Crippen molar-refractivity contribution in [3.8, 4) is 0 Å². The van der Waals surface area contributed by atoms with E-state index in [1.165, 1.54) is 0 Å². The SMILES string of the molecule is CCOC(=O)N1CCN(c2nnc(C3CC3)o2)CC1. The van der Waals surface area contributed by atoms with Crippen LogP contribution in [0.15, 0.2) is 4.42 Å². The van der Waals surface area contributed by atoms with E-state index in [2.05, 4.69) is 10.2 Å². The summed E-state index contributed by atoms with van der Waals surface area (Å²) < 4.78 is 10.6. The average Bonchev–Trinajstić information content (AvgIpc) is 3.17. The number of piperazine rings is 1. The number of hydrogen-bond donors (Lipinski definition) is 0. The molecule has 1 aliphatic heterocycles. The number of anilines is 1. The first kappa shape index (κ1) is 12.3. The molecule has 2 heterocycles. The van der Waals surface area contributed by atoms with E-state index in [0.717, 1.165) is 18.7 Å². The van der Waals surface area contributed by atoms with Gasteiger partial charge in [0.2, 0.25) is 5.89 Å². The van der Waals surface area contributed by atoms with Crippen molar-refractivity contribution in [3.05, 3.63) is 5.89 Å². The van der Waals surface area contributed by atoms with Crippen LogP contribution in [-0.4, -0.2) is 54.0 Å². The maximum absolute atomic E-state index is 11.6. The quantitative estimate of drug-likeness (QED) is 0.819. The van der Waals surface area contributed by atoms with Crippen molar-refractivity contribution in [1.29, 1.82) is 0 Å². The van der Waals surface area contributed by atoms with Gasteiger partial charge in [-0.3, -0.25) is 0 Å². The van der Waals surface area contributed by atoms with Crippen molar-refractivity contribution >= 4 is 12.1 Å². The predicted octanol–water partition coefficient (Wildman–Crippen LogP) is 1.23. The molecule has 7 heteroatoms. The second-order valence-corrected chi connectivity index (χ2v) is 4.87. The average molecular weight is 266 g/mol. The lowest BCUT2D eigenvalue weighted by molar-refractivity contribution is 0.104. The fraction of sp³-hybridized carbons (Fsp3) is 0.750. The number of carbonyl (C=O) groups excluding carboxylic acids is 1. The van der Waals surface area contributed by atoms with Gasteiger partial charge in [0.1, 0.15) is 0 Å². The van der Waals surface area contributed by atoms with E-state index >= 15 is 0 Å². The summed E-state index contributed by atoms with van der Waals surface area (Å²) >= 11 is 0. The summed E-state index contributed by atoms with van der Waals surface area (Å²) in [5.41, 5.74) is 0. The standard InChI is InChI=1S/C12H18N4O3/c1-2-18-12(17)16-7-5-15(6-8-16)11-14-13-10(19-11)9-3-4-9/h9H,2-8H2,1H3. The Morgan fingerprint density at radius 3 is 2.68 bits per heavy atom. The number of carbonyl (C=O) groups is 1. The molecule has 0 bridgehead atoms. The van der Waals surface area contributed by atoms with Crippen molar-refractivity contribution in [2.24, 2.45) is 0 Å². The van der Waals surface area contributed by atoms with E-state index < -0.39 is 0 Å². The number of rotatable bonds is 3. The molecule has 1 aromatic heterocycles. The van der Waals surface area contributed by atoms with Crippen molar-refractivity contribution in [2.45, 2.75) is 25.7 Å². The fourth-order valence-corrected chi connectivity index (χ4v) is 2.14. The summed E-state index contributed by atoms with van der Waals surface area (Å²) in [7, 11) is 0. The summed E-state index contributed by atoms with van der Waals surface area (Å²) in [6.45, 7) is 4.87. The van der Waals surface area contributed by atoms with Crippen LogP contribution in [-0.2, 0) is 4.74 Å². The minimum absolute atomic E-state index is 0.244. The zero-order valence-corrected chi connectivity index (χ0v) is 11.0. The summed E-state index contributed by atoms with van der Waals surface area (Å²) in [6, 6.07) is 0.574. The highest BCUT2D eigenvalue weighted by molar-refractivity contribution is 5.68. The molecule has 0 unspecified atom stereocenters. The third-order valence-electron chi connectivity index (χ3n) is 3.43. The molecule has 1 saturated heterocycles. The molecule has 0 aromatic carbocycles. The highest BCUT2D eigenvalue weighted by Crippen LogP contribution is 2.39. The number of amides is 1. The fourth-order valence-electron chi connectivity index (χ4n) is 2.14. The molecule has 3 rings (SSSR count). The monoisotopic (exact) mass is 266 g/mol. The highest BCUT2D eigenvalue weighted by Gasteiger charge is 2.31. The first-order valence-corrected chi connectivity index (χ1v) is 6.78. The molecular weight excluding hydrogens is 248 g/mol. The lowest BCUT2D eigenvalue weighted by Gasteiger charge is -2.32. The Morgan fingerprint density at radius 2 is 2.05 bits per heavy atom. The van der Waals surface area contributed by atoms with Crippen molar-refractivity contribution in [2.75, 3.05) is 37.7 Å². The Morgan fingerprint density at radius 1 is 1.32 bits per heavy atom. The van der Waals surface area contributed by atoms with E-state index in [4.69, 9.17) is 9.15 Å². The van der Waals surface area contributed by atoms with Gasteiger partial charge in [-0.05, 0) is 19.8 Å². The van der Waals surface area contributed by atoms with Gasteiger partial charge >= 0.3 is 12.1 Å². The molecule has 0 spiro atoms. The predicted molar refractivity (Wildman–Crippen MR) is 67.1 cm³/mol. The molecule has 0 N–H and O–H groups in total. The van der Waals surface area contributed by atoms with Crippen molar-refractivity contribution in [1.82, 2.24) is 15.1 Å². The van der Waals surface area contributed by atoms with Gasteiger partial charge in [-0.1, -0.05) is 5.10 Å². The molecule has 1 saturated carbocycles. The van der Waals surface area contributed by atoms with Gasteiger partial charge in [-0.2, -0.15) is 0 Å². The van der Waals surface area contributed by atoms with Crippen LogP contribution in [0.3, 0.4) is 0 Å². The molecule has 0 atom stereocenters. The van der Waals surface area contributed by atoms with Gasteiger partial charge in [0.05, 0.1) is 6.61 Å². The number of aromatic nitrogens is 2. The Kier molecular flexibility index (Phi) is 3.27. The minimum atomic E-state index is -0.244. The Labute approximate surface area is 111 Å². The lowest BCUT2D eigenvalue weighted by Crippen LogP contribution is -2.49. The Balaban J connectivity index is 1.55. The van der Waals surface area contributed by atoms with Gasteiger partial charge in [-0.25, -0.2) is 4.79 Å². The lowest BCUT2D eigenvalue weighted by atomic mass is 10.3. The van der Waals surface area contributed by atoms with Crippen LogP contribution in [0, 0.1) is 0 Å². The summed E-state index contributed by atoms with van der Waals surface area (Å²) in [5, 5.41) is 8.16. The van der Waals surface area contributed by atoms with Gasteiger partial charge < -0.3 is 19.0 Å². The summed E-state index contributed by atoms with van der Waals surface area (Å²) in [6.07, 6.45) is 2.06. The zero-order valence-electron chi connectivity index (χ0n) is 11.0. The minimum Gasteiger partial charge on any atom is -0.450 e. The normalized spacial score (nSPS) is 19.6. The van der Waals surface area contributed by atoms with E-state index in [1.54, 1.807) is 4.90 Å². The topological polar surface area (TPSA) is 71.7 Å². The molecule has 1 aromatic rings. The smallest absolute Gasteiger partial charge is 0.409 e. The molecule has 0 radical (unpaired) electrons. The molecule has 1 aliphatic carbocycles. The Bertz CT molecular complexity index is 450. The molecule has 7 nitrogen and oxygen atoms in total. The van der Waals surface area contributed by atoms with Crippen molar-refractivity contribution < 1.29 is 13.9 Å². The number of hydrogen-bond acceptors (Lipinski definition) is 6. The van der Waals surface area contributed by atoms with Crippen molar-refractivity contribution in [3.63, 3.8) is 0 Å². The highest BCUT2D eigenvalue weighted by atomic mass is 16.6. The Hall–Kier alpha value is -1.79. The van der Waals surface area contributed by atoms with Crippen LogP contribution in [0.4, 0.5) is 10.8 Å². The van der Waals surface area contributed by atoms with Gasteiger partial charge in [0.15, 0.2) is 0 Å². The van der Waals surface area contributed by atoms with E-state index in [0.29, 0.717) is 44.7 Å². The van der Waals surface area contributed by atoms with Crippen LogP contribution in [0.2, 0.25) is 0 Å². The third-order valence-corrected chi connectivity index (χ3v) is 3.43. The molecule has 1 amide bonds. The third kappa shape index (κ3) is 2.64. The number of ether oxygens (including phenoxy) is 1. The van der Waals surface area contributed by atoms with Crippen LogP contribution in [0.5, 0.6) is 0 Å². The molecule has 2 aliphatic rings. The molecule has 19 heavy (non-hydrogen) atoms. The molecule has 2 fully saturated rings. The first-order chi connectivity index (χ1) is 9.28. The first-order valence-electron chi connectivity index (χ1n) is 6.78. The van der Waals surface area contributed by atoms with E-state index in [-0.39, 0.29) is 6.09 Å². The summed E-state index contributed by atoms with van der Waals surface area (Å²) in [5.74, 6) is 1.23. The summed E-state index contributed by atoms with van der Waals surface area (Å²) in [4.78, 5) is 15.3. The maximum Gasteiger partial charge on any atom is 0.409 e. The zero-order chi connectivity index (χ0) is 13.2. The van der Waals surface area contributed by atoms with E-state index in [9.17, 15) is 4.79 Å². The maximum atomic E-state index is 11.6. The van der Waals surface area contributed by atoms with Crippen LogP contribution >= 0.6 is 0 Å². The molecule has 104 valence electrons. The van der Waals surface area contributed by atoms with Crippen LogP contribution in [0.25, 0.3) is 0 Å². The van der Waals surface area contributed by atoms with Crippen LogP contribution < -0.4 is 4.90 Å². The van der Waals surface area contributed by atoms with Gasteiger partial charge in [0.25, 0.3) is 0 Å². The van der Waals surface area contributed by atoms with Gasteiger partial charge in [0, 0.05) is 32.1 Å². The van der Waals surface area contributed by atoms with Crippen LogP contribution in [0.1, 0.15) is 31.6 Å². The second-order valence-electron chi connectivity index (χ2n) is 4.87. The number of nitrogens with zero attached hydrogens (tertiary/aromatic N) is 4. The van der Waals surface area contributed by atoms with Gasteiger partial charge in [-0.15, -0.1) is 5.10 Å². The second kappa shape index (κ2) is 5.07.